The molecule has 0 fully saturated rings. The molecule has 0 aromatic heterocycles. The van der Waals surface area contributed by atoms with Crippen LogP contribution < -0.4 is 15.5 Å². The van der Waals surface area contributed by atoms with Crippen LogP contribution >= 0.6 is 12.2 Å². The summed E-state index contributed by atoms with van der Waals surface area (Å²) in [6.07, 6.45) is 9.61. The smallest absolute Gasteiger partial charge is 0.266 e. The van der Waals surface area contributed by atoms with E-state index >= 15 is 0 Å². The number of carbonyl (C=O) groups excluding carboxylic acids is 2. The number of carbonyl (C=O) groups is 2. The summed E-state index contributed by atoms with van der Waals surface area (Å²) < 4.78 is 101. The van der Waals surface area contributed by atoms with E-state index in [4.69, 9.17) is 0 Å². The van der Waals surface area contributed by atoms with Crippen molar-refractivity contribution in [3.8, 4) is 0 Å². The van der Waals surface area contributed by atoms with Gasteiger partial charge in [-0.3, -0.25) is 23.2 Å². The van der Waals surface area contributed by atoms with Gasteiger partial charge in [-0.15, -0.1) is 0 Å². The first kappa shape index (κ1) is 50.3. The summed E-state index contributed by atoms with van der Waals surface area (Å²) in [5.41, 5.74) is 3.38. The lowest BCUT2D eigenvalue weighted by Crippen LogP contribution is -2.53. The first-order valence-corrected chi connectivity index (χ1v) is 26.0. The van der Waals surface area contributed by atoms with E-state index in [1.54, 1.807) is 12.2 Å². The molecule has 2 aromatic rings. The van der Waals surface area contributed by atoms with Crippen molar-refractivity contribution in [2.75, 3.05) is 54.9 Å². The normalized spacial score (nSPS) is 20.5. The Balaban J connectivity index is 1.66. The zero-order valence-corrected chi connectivity index (χ0v) is 39.5. The van der Waals surface area contributed by atoms with Gasteiger partial charge in [0.2, 0.25) is 17.5 Å². The molecule has 16 nitrogen and oxygen atoms in total. The summed E-state index contributed by atoms with van der Waals surface area (Å²) in [5.74, 6) is -3.07. The van der Waals surface area contributed by atoms with Gasteiger partial charge >= 0.3 is 0 Å². The quantitative estimate of drug-likeness (QED) is 0.0290. The van der Waals surface area contributed by atoms with Gasteiger partial charge in [0.25, 0.3) is 30.4 Å². The number of amides is 2. The van der Waals surface area contributed by atoms with Crippen LogP contribution in [0.1, 0.15) is 70.9 Å². The SMILES string of the molecule is CC1(C)C(/C=C/C2=CC(=C/C=C3/N(CCCS(=O)(=O)O)c4ccccc4C3(C)C)/CC(C(=O)NCCCN=C=S)(C(=O)NCCS(=O)(=O)O)C2)=[N+](CCCS(=O)(=O)O)c2ccccc21. The van der Waals surface area contributed by atoms with E-state index in [0.29, 0.717) is 17.6 Å². The van der Waals surface area contributed by atoms with Crippen LogP contribution in [0.2, 0.25) is 0 Å². The second kappa shape index (κ2) is 20.2. The maximum Gasteiger partial charge on any atom is 0.266 e. The first-order chi connectivity index (χ1) is 29.9. The molecule has 0 saturated carbocycles. The van der Waals surface area contributed by atoms with Gasteiger partial charge in [-0.1, -0.05) is 68.5 Å². The number of nitrogens with one attached hydrogen (secondary N) is 2. The predicted molar refractivity (Wildman–Crippen MR) is 250 cm³/mol. The Morgan fingerprint density at radius 1 is 0.781 bits per heavy atom. The molecular formula is C44H56N5O11S4+. The highest BCUT2D eigenvalue weighted by Crippen LogP contribution is 2.48. The van der Waals surface area contributed by atoms with Crippen molar-refractivity contribution in [1.29, 1.82) is 0 Å². The summed E-state index contributed by atoms with van der Waals surface area (Å²) in [7, 11) is -12.9. The zero-order valence-electron chi connectivity index (χ0n) is 36.3. The summed E-state index contributed by atoms with van der Waals surface area (Å²) in [6, 6.07) is 15.4. The summed E-state index contributed by atoms with van der Waals surface area (Å²) in [5, 5.41) is 7.72. The number of rotatable bonds is 20. The van der Waals surface area contributed by atoms with Crippen LogP contribution in [0.15, 0.2) is 101 Å². The molecule has 2 heterocycles. The highest BCUT2D eigenvalue weighted by molar-refractivity contribution is 7.86. The fourth-order valence-electron chi connectivity index (χ4n) is 8.72. The number of isothiocyanates is 1. The van der Waals surface area contributed by atoms with Gasteiger partial charge in [0.05, 0.1) is 34.4 Å². The lowest BCUT2D eigenvalue weighted by atomic mass is 9.70. The molecule has 1 unspecified atom stereocenters. The molecule has 64 heavy (non-hydrogen) atoms. The molecule has 3 aliphatic rings. The lowest BCUT2D eigenvalue weighted by molar-refractivity contribution is -0.437. The van der Waals surface area contributed by atoms with Crippen LogP contribution in [0.5, 0.6) is 0 Å². The van der Waals surface area contributed by atoms with E-state index in [9.17, 15) is 48.5 Å². The number of para-hydroxylation sites is 2. The average molecular weight is 959 g/mol. The van der Waals surface area contributed by atoms with Crippen LogP contribution in [-0.4, -0.2) is 116 Å². The molecule has 20 heteroatoms. The van der Waals surface area contributed by atoms with Crippen molar-refractivity contribution in [1.82, 2.24) is 10.6 Å². The molecule has 0 spiro atoms. The van der Waals surface area contributed by atoms with Crippen molar-refractivity contribution in [2.24, 2.45) is 10.4 Å². The lowest BCUT2D eigenvalue weighted by Gasteiger charge is -2.35. The van der Waals surface area contributed by atoms with E-state index in [1.807, 2.05) is 104 Å². The van der Waals surface area contributed by atoms with Gasteiger partial charge < -0.3 is 15.5 Å². The number of aliphatic imine (C=N–C) groups is 1. The first-order valence-electron chi connectivity index (χ1n) is 20.8. The summed E-state index contributed by atoms with van der Waals surface area (Å²) in [6.45, 7) is 8.56. The van der Waals surface area contributed by atoms with Crippen LogP contribution in [-0.2, 0) is 50.8 Å². The Kier molecular flexibility index (Phi) is 15.9. The molecule has 0 bridgehead atoms. The number of thiocarbonyl (C=S) groups is 1. The fraction of sp³-hybridized carbons (Fsp3) is 0.455. The molecular weight excluding hydrogens is 903 g/mol. The zero-order chi connectivity index (χ0) is 47.1. The Morgan fingerprint density at radius 2 is 1.39 bits per heavy atom. The van der Waals surface area contributed by atoms with Crippen molar-refractivity contribution in [3.05, 3.63) is 107 Å². The maximum absolute atomic E-state index is 14.5. The Hall–Kier alpha value is -4.66. The number of anilines is 1. The van der Waals surface area contributed by atoms with Crippen molar-refractivity contribution in [3.63, 3.8) is 0 Å². The maximum atomic E-state index is 14.5. The largest absolute Gasteiger partial charge is 0.355 e. The molecule has 1 atom stereocenters. The Bertz CT molecular complexity index is 2700. The fourth-order valence-corrected chi connectivity index (χ4v) is 10.2. The number of fused-ring (bicyclic) bond motifs is 2. The third-order valence-corrected chi connectivity index (χ3v) is 14.2. The molecule has 2 aromatic carbocycles. The molecule has 2 amide bonds. The number of nitrogens with zero attached hydrogens (tertiary/aromatic N) is 3. The monoisotopic (exact) mass is 958 g/mol. The molecule has 1 aliphatic carbocycles. The summed E-state index contributed by atoms with van der Waals surface area (Å²) in [4.78, 5) is 34.9. The minimum absolute atomic E-state index is 0.124. The molecule has 0 saturated heterocycles. The van der Waals surface area contributed by atoms with Gasteiger partial charge in [-0.05, 0) is 80.6 Å². The number of hydrogen-bond donors (Lipinski definition) is 5. The highest BCUT2D eigenvalue weighted by Gasteiger charge is 2.49. The van der Waals surface area contributed by atoms with E-state index in [-0.39, 0.29) is 51.9 Å². The molecule has 2 aliphatic heterocycles. The molecule has 5 rings (SSSR count). The third kappa shape index (κ3) is 12.4. The van der Waals surface area contributed by atoms with Crippen LogP contribution in [0.4, 0.5) is 11.4 Å². The van der Waals surface area contributed by atoms with Gasteiger partial charge in [0, 0.05) is 60.6 Å². The number of allylic oxidation sites excluding steroid dienone is 8. The average Bonchev–Trinajstić information content (AvgIpc) is 3.55. The van der Waals surface area contributed by atoms with E-state index in [2.05, 4.69) is 33.0 Å². The van der Waals surface area contributed by atoms with Crippen LogP contribution in [0.25, 0.3) is 0 Å². The minimum Gasteiger partial charge on any atom is -0.355 e. The van der Waals surface area contributed by atoms with Gasteiger partial charge in [-0.2, -0.15) is 29.8 Å². The third-order valence-electron chi connectivity index (χ3n) is 11.8. The van der Waals surface area contributed by atoms with Crippen molar-refractivity contribution in [2.45, 2.75) is 70.6 Å². The van der Waals surface area contributed by atoms with E-state index < -0.39 is 82.2 Å². The minimum atomic E-state index is -4.47. The van der Waals surface area contributed by atoms with Crippen molar-refractivity contribution < 1.29 is 53.1 Å². The Morgan fingerprint density at radius 3 is 2.05 bits per heavy atom. The highest BCUT2D eigenvalue weighted by atomic mass is 32.2. The second-order valence-electron chi connectivity index (χ2n) is 17.2. The molecule has 346 valence electrons. The second-order valence-corrected chi connectivity index (χ2v) is 22.1. The van der Waals surface area contributed by atoms with Crippen LogP contribution in [0.3, 0.4) is 0 Å². The van der Waals surface area contributed by atoms with Crippen molar-refractivity contribution >= 4 is 76.6 Å². The van der Waals surface area contributed by atoms with Gasteiger partial charge in [0.15, 0.2) is 5.71 Å². The predicted octanol–water partition coefficient (Wildman–Crippen LogP) is 5.10. The standard InChI is InChI=1S/C44H55N5O11S4/c1-42(2)34-12-5-7-14-36(34)48(23-10-25-62(52,53)54)38(42)18-16-32-28-33(17-19-39-43(3,4)35-13-6-8-15-37(35)49(39)24-11-26-63(55,56)57)30-44(29-32,40(50)46-21-9-20-45-31-61)41(51)47-22-27-64(58,59)60/h5-8,12-19,28H,9-11,20-27,29-30H2,1-4H3,(H4-,46,47,50,51,52,53,54,55,56,57,58,59,60)/p+1. The topological polar surface area (TPSA) is 240 Å². The number of benzene rings is 2. The van der Waals surface area contributed by atoms with Gasteiger partial charge in [-0.25, -0.2) is 4.99 Å². The van der Waals surface area contributed by atoms with Gasteiger partial charge in [0.1, 0.15) is 12.0 Å². The van der Waals surface area contributed by atoms with E-state index in [1.165, 1.54) is 0 Å². The molecule has 0 radical (unpaired) electrons. The number of hydrogen-bond acceptors (Lipinski definition) is 11. The summed E-state index contributed by atoms with van der Waals surface area (Å²) >= 11 is 4.67. The van der Waals surface area contributed by atoms with Crippen LogP contribution in [0, 0.1) is 5.41 Å². The molecule has 5 N–H and O–H groups in total. The van der Waals surface area contributed by atoms with E-state index in [0.717, 1.165) is 33.9 Å². The Labute approximate surface area is 381 Å².